The van der Waals surface area contributed by atoms with E-state index in [-0.39, 0.29) is 18.4 Å². The molecule has 0 radical (unpaired) electrons. The first-order chi connectivity index (χ1) is 11.6. The van der Waals surface area contributed by atoms with Gasteiger partial charge >= 0.3 is 0 Å². The van der Waals surface area contributed by atoms with E-state index >= 15 is 0 Å². The van der Waals surface area contributed by atoms with Crippen molar-refractivity contribution in [2.75, 3.05) is 25.5 Å². The van der Waals surface area contributed by atoms with Gasteiger partial charge in [-0.2, -0.15) is 0 Å². The number of amides is 2. The maximum atomic E-state index is 12.3. The molecule has 1 N–H and O–H groups in total. The molecule has 5 nitrogen and oxygen atoms in total. The van der Waals surface area contributed by atoms with Crippen LogP contribution in [0, 0.1) is 5.92 Å². The number of carbonyl (C=O) groups is 2. The summed E-state index contributed by atoms with van der Waals surface area (Å²) in [5.74, 6) is 1.34. The van der Waals surface area contributed by atoms with Crippen LogP contribution in [0.25, 0.3) is 0 Å². The number of nitrogens with one attached hydrogen (secondary N) is 1. The van der Waals surface area contributed by atoms with E-state index in [0.29, 0.717) is 24.6 Å². The van der Waals surface area contributed by atoms with Gasteiger partial charge in [-0.3, -0.25) is 9.59 Å². The average molecular weight is 332 g/mol. The lowest BCUT2D eigenvalue weighted by Crippen LogP contribution is -2.37. The van der Waals surface area contributed by atoms with Gasteiger partial charge in [0.2, 0.25) is 11.8 Å². The smallest absolute Gasteiger partial charge is 0.243 e. The van der Waals surface area contributed by atoms with Crippen LogP contribution in [0.5, 0.6) is 5.75 Å². The highest BCUT2D eigenvalue weighted by atomic mass is 16.5. The summed E-state index contributed by atoms with van der Waals surface area (Å²) in [7, 11) is 1.60. The quantitative estimate of drug-likeness (QED) is 0.793. The van der Waals surface area contributed by atoms with Crippen LogP contribution in [0.4, 0.5) is 5.69 Å². The third kappa shape index (κ3) is 5.55. The Labute approximate surface area is 144 Å². The summed E-state index contributed by atoms with van der Waals surface area (Å²) in [6.07, 6.45) is 6.58. The molecular formula is C19H28N2O3. The van der Waals surface area contributed by atoms with Gasteiger partial charge in [0.05, 0.1) is 13.7 Å². The predicted octanol–water partition coefficient (Wildman–Crippen LogP) is 3.45. The molecule has 0 atom stereocenters. The van der Waals surface area contributed by atoms with Crippen molar-refractivity contribution in [3.05, 3.63) is 24.3 Å². The van der Waals surface area contributed by atoms with Crippen LogP contribution in [-0.4, -0.2) is 36.9 Å². The normalized spacial score (nSPS) is 14.4. The number of anilines is 1. The van der Waals surface area contributed by atoms with Crippen molar-refractivity contribution >= 4 is 17.5 Å². The van der Waals surface area contributed by atoms with E-state index in [4.69, 9.17) is 4.74 Å². The van der Waals surface area contributed by atoms with Gasteiger partial charge in [-0.15, -0.1) is 0 Å². The number of benzene rings is 1. The number of nitrogens with zero attached hydrogens (tertiary/aromatic N) is 1. The third-order valence-corrected chi connectivity index (χ3v) is 4.68. The Balaban J connectivity index is 1.79. The number of ether oxygens (including phenoxy) is 1. The molecule has 1 saturated carbocycles. The highest BCUT2D eigenvalue weighted by Gasteiger charge is 2.20. The molecule has 1 aliphatic rings. The maximum absolute atomic E-state index is 12.3. The molecule has 1 fully saturated rings. The first kappa shape index (κ1) is 18.3. The van der Waals surface area contributed by atoms with Gasteiger partial charge in [0.25, 0.3) is 0 Å². The Morgan fingerprint density at radius 2 is 1.88 bits per heavy atom. The van der Waals surface area contributed by atoms with Crippen LogP contribution < -0.4 is 10.1 Å². The van der Waals surface area contributed by atoms with Crippen molar-refractivity contribution in [2.24, 2.45) is 5.92 Å². The molecule has 1 aromatic carbocycles. The molecule has 0 aromatic heterocycles. The zero-order valence-electron chi connectivity index (χ0n) is 14.7. The maximum Gasteiger partial charge on any atom is 0.243 e. The standard InChI is InChI=1S/C19H28N2O3/c1-3-21(19(23)13-8-15-6-4-5-7-15)14-18(22)20-16-9-11-17(24-2)12-10-16/h9-12,15H,3-8,13-14H2,1-2H3,(H,20,22). The molecule has 132 valence electrons. The van der Waals surface area contributed by atoms with Gasteiger partial charge in [0.15, 0.2) is 0 Å². The van der Waals surface area contributed by atoms with Crippen molar-refractivity contribution in [1.82, 2.24) is 4.90 Å². The molecule has 0 heterocycles. The highest BCUT2D eigenvalue weighted by Crippen LogP contribution is 2.28. The second-order valence-corrected chi connectivity index (χ2v) is 6.37. The molecule has 2 amide bonds. The third-order valence-electron chi connectivity index (χ3n) is 4.68. The Kier molecular flexibility index (Phi) is 7.09. The van der Waals surface area contributed by atoms with Crippen LogP contribution in [0.2, 0.25) is 0 Å². The molecule has 5 heteroatoms. The van der Waals surface area contributed by atoms with Gasteiger partial charge in [-0.25, -0.2) is 0 Å². The zero-order chi connectivity index (χ0) is 17.4. The summed E-state index contributed by atoms with van der Waals surface area (Å²) < 4.78 is 5.09. The fraction of sp³-hybridized carbons (Fsp3) is 0.579. The largest absolute Gasteiger partial charge is 0.497 e. The molecule has 0 saturated heterocycles. The number of hydrogen-bond donors (Lipinski definition) is 1. The van der Waals surface area contributed by atoms with Crippen LogP contribution in [0.1, 0.15) is 45.4 Å². The van der Waals surface area contributed by atoms with Crippen molar-refractivity contribution in [1.29, 1.82) is 0 Å². The molecule has 2 rings (SSSR count). The van der Waals surface area contributed by atoms with Gasteiger partial charge in [0, 0.05) is 18.7 Å². The van der Waals surface area contributed by atoms with E-state index in [1.54, 1.807) is 36.3 Å². The molecule has 0 aliphatic heterocycles. The van der Waals surface area contributed by atoms with Crippen LogP contribution in [0.15, 0.2) is 24.3 Å². The Morgan fingerprint density at radius 3 is 2.46 bits per heavy atom. The van der Waals surface area contributed by atoms with Crippen molar-refractivity contribution in [3.63, 3.8) is 0 Å². The Morgan fingerprint density at radius 1 is 1.21 bits per heavy atom. The molecule has 1 aromatic rings. The van der Waals surface area contributed by atoms with Gasteiger partial charge in [-0.05, 0) is 43.5 Å². The molecule has 24 heavy (non-hydrogen) atoms. The van der Waals surface area contributed by atoms with E-state index in [1.165, 1.54) is 25.7 Å². The van der Waals surface area contributed by atoms with E-state index in [9.17, 15) is 9.59 Å². The topological polar surface area (TPSA) is 58.6 Å². The monoisotopic (exact) mass is 332 g/mol. The number of carbonyl (C=O) groups excluding carboxylic acids is 2. The lowest BCUT2D eigenvalue weighted by Gasteiger charge is -2.21. The zero-order valence-corrected chi connectivity index (χ0v) is 14.7. The summed E-state index contributed by atoms with van der Waals surface area (Å²) in [5.41, 5.74) is 0.704. The summed E-state index contributed by atoms with van der Waals surface area (Å²) >= 11 is 0. The summed E-state index contributed by atoms with van der Waals surface area (Å²) in [4.78, 5) is 26.1. The fourth-order valence-corrected chi connectivity index (χ4v) is 3.21. The predicted molar refractivity (Wildman–Crippen MR) is 95.1 cm³/mol. The molecule has 1 aliphatic carbocycles. The molecule has 0 bridgehead atoms. The molecule has 0 unspecified atom stereocenters. The molecular weight excluding hydrogens is 304 g/mol. The van der Waals surface area contributed by atoms with Gasteiger partial charge < -0.3 is 15.0 Å². The first-order valence-corrected chi connectivity index (χ1v) is 8.84. The van der Waals surface area contributed by atoms with Crippen LogP contribution in [0.3, 0.4) is 0 Å². The summed E-state index contributed by atoms with van der Waals surface area (Å²) in [5, 5.41) is 2.82. The van der Waals surface area contributed by atoms with Crippen molar-refractivity contribution in [2.45, 2.75) is 45.4 Å². The minimum atomic E-state index is -0.170. The number of rotatable bonds is 8. The van der Waals surface area contributed by atoms with Crippen LogP contribution >= 0.6 is 0 Å². The fourth-order valence-electron chi connectivity index (χ4n) is 3.21. The van der Waals surface area contributed by atoms with E-state index in [2.05, 4.69) is 5.32 Å². The number of likely N-dealkylation sites (N-methyl/N-ethyl adjacent to an activating group) is 1. The van der Waals surface area contributed by atoms with E-state index < -0.39 is 0 Å². The average Bonchev–Trinajstić information content (AvgIpc) is 3.11. The molecule has 0 spiro atoms. The summed E-state index contributed by atoms with van der Waals surface area (Å²) in [6, 6.07) is 7.16. The Hall–Kier alpha value is -2.04. The second-order valence-electron chi connectivity index (χ2n) is 6.37. The van der Waals surface area contributed by atoms with Crippen molar-refractivity contribution < 1.29 is 14.3 Å². The van der Waals surface area contributed by atoms with Crippen LogP contribution in [-0.2, 0) is 9.59 Å². The first-order valence-electron chi connectivity index (χ1n) is 8.84. The van der Waals surface area contributed by atoms with Crippen molar-refractivity contribution in [3.8, 4) is 5.75 Å². The number of hydrogen-bond acceptors (Lipinski definition) is 3. The minimum absolute atomic E-state index is 0.0780. The minimum Gasteiger partial charge on any atom is -0.497 e. The van der Waals surface area contributed by atoms with E-state index in [1.807, 2.05) is 6.92 Å². The van der Waals surface area contributed by atoms with Gasteiger partial charge in [0.1, 0.15) is 5.75 Å². The number of methoxy groups -OCH3 is 1. The van der Waals surface area contributed by atoms with Gasteiger partial charge in [-0.1, -0.05) is 25.7 Å². The lowest BCUT2D eigenvalue weighted by atomic mass is 10.0. The summed E-state index contributed by atoms with van der Waals surface area (Å²) in [6.45, 7) is 2.57. The Bertz CT molecular complexity index is 536. The SMILES string of the molecule is CCN(CC(=O)Nc1ccc(OC)cc1)C(=O)CCC1CCCC1. The second kappa shape index (κ2) is 9.30. The highest BCUT2D eigenvalue weighted by molar-refractivity contribution is 5.94. The lowest BCUT2D eigenvalue weighted by molar-refractivity contribution is -0.134. The van der Waals surface area contributed by atoms with E-state index in [0.717, 1.165) is 12.2 Å².